The first-order valence-corrected chi connectivity index (χ1v) is 9.43. The molecular formula is C21H30N2O2. The Labute approximate surface area is 150 Å². The number of aromatic amines is 1. The van der Waals surface area contributed by atoms with Crippen molar-refractivity contribution in [1.82, 2.24) is 4.98 Å². The van der Waals surface area contributed by atoms with Crippen molar-refractivity contribution in [2.75, 3.05) is 5.73 Å². The molecule has 1 aromatic carbocycles. The van der Waals surface area contributed by atoms with Crippen molar-refractivity contribution in [1.29, 1.82) is 0 Å². The summed E-state index contributed by atoms with van der Waals surface area (Å²) in [6.45, 7) is 5.81. The van der Waals surface area contributed by atoms with Crippen molar-refractivity contribution in [3.05, 3.63) is 30.0 Å². The summed E-state index contributed by atoms with van der Waals surface area (Å²) < 4.78 is 5.67. The number of nitrogens with one attached hydrogen (secondary N) is 1. The number of aromatic nitrogens is 1. The van der Waals surface area contributed by atoms with Crippen LogP contribution in [0.1, 0.15) is 70.9 Å². The van der Waals surface area contributed by atoms with Crippen LogP contribution in [0.4, 0.5) is 5.69 Å². The molecule has 1 aliphatic carbocycles. The minimum atomic E-state index is -0.423. The first-order chi connectivity index (χ1) is 11.8. The maximum atomic E-state index is 12.6. The van der Waals surface area contributed by atoms with Gasteiger partial charge in [0.05, 0.1) is 5.92 Å². The number of nitrogen functional groups attached to an aromatic ring is 1. The third-order valence-corrected chi connectivity index (χ3v) is 5.02. The lowest BCUT2D eigenvalue weighted by Crippen LogP contribution is -2.30. The van der Waals surface area contributed by atoms with E-state index in [1.54, 1.807) is 0 Å². The molecule has 2 unspecified atom stereocenters. The second kappa shape index (κ2) is 7.11. The highest BCUT2D eigenvalue weighted by molar-refractivity contribution is 5.83. The third-order valence-electron chi connectivity index (χ3n) is 5.02. The Morgan fingerprint density at radius 3 is 2.68 bits per heavy atom. The zero-order valence-corrected chi connectivity index (χ0v) is 15.6. The van der Waals surface area contributed by atoms with E-state index in [9.17, 15) is 4.79 Å². The van der Waals surface area contributed by atoms with Gasteiger partial charge in [-0.25, -0.2) is 0 Å². The Morgan fingerprint density at radius 2 is 1.92 bits per heavy atom. The summed E-state index contributed by atoms with van der Waals surface area (Å²) in [6, 6.07) is 8.15. The van der Waals surface area contributed by atoms with Crippen LogP contribution in [0.15, 0.2) is 24.3 Å². The van der Waals surface area contributed by atoms with Crippen molar-refractivity contribution in [2.45, 2.75) is 70.8 Å². The summed E-state index contributed by atoms with van der Waals surface area (Å²) >= 11 is 0. The Kier molecular flexibility index (Phi) is 5.07. The van der Waals surface area contributed by atoms with Crippen molar-refractivity contribution in [2.24, 2.45) is 5.92 Å². The average Bonchev–Trinajstić information content (AvgIpc) is 2.87. The first-order valence-electron chi connectivity index (χ1n) is 9.43. The second-order valence-electron chi connectivity index (χ2n) is 8.37. The Hall–Kier alpha value is -1.97. The van der Waals surface area contributed by atoms with Crippen LogP contribution < -0.4 is 5.73 Å². The molecule has 1 aliphatic rings. The van der Waals surface area contributed by atoms with Gasteiger partial charge in [-0.15, -0.1) is 0 Å². The van der Waals surface area contributed by atoms with Crippen LogP contribution in [-0.4, -0.2) is 16.6 Å². The van der Waals surface area contributed by atoms with E-state index in [0.717, 1.165) is 42.3 Å². The summed E-state index contributed by atoms with van der Waals surface area (Å²) in [5, 5.41) is 1.14. The molecule has 2 atom stereocenters. The number of nitrogens with two attached hydrogens (primary N) is 1. The lowest BCUT2D eigenvalue weighted by molar-refractivity contribution is -0.160. The largest absolute Gasteiger partial charge is 0.460 e. The van der Waals surface area contributed by atoms with Crippen LogP contribution in [0, 0.1) is 5.92 Å². The van der Waals surface area contributed by atoms with E-state index in [1.165, 1.54) is 18.5 Å². The number of carbonyl (C=O) groups excluding carboxylic acids is 1. The fraction of sp³-hybridized carbons (Fsp3) is 0.571. The summed E-state index contributed by atoms with van der Waals surface area (Å²) in [5.41, 5.74) is 8.59. The molecule has 25 heavy (non-hydrogen) atoms. The molecular weight excluding hydrogens is 312 g/mol. The third kappa shape index (κ3) is 4.56. The lowest BCUT2D eigenvalue weighted by Gasteiger charge is -2.28. The first kappa shape index (κ1) is 17.8. The summed E-state index contributed by atoms with van der Waals surface area (Å²) in [6.07, 6.45) is 6.41. The van der Waals surface area contributed by atoms with E-state index >= 15 is 0 Å². The van der Waals surface area contributed by atoms with Gasteiger partial charge in [-0.3, -0.25) is 4.79 Å². The second-order valence-corrected chi connectivity index (χ2v) is 8.37. The van der Waals surface area contributed by atoms with E-state index in [0.29, 0.717) is 5.92 Å². The van der Waals surface area contributed by atoms with Crippen molar-refractivity contribution in [3.63, 3.8) is 0 Å². The lowest BCUT2D eigenvalue weighted by atomic mass is 9.82. The molecule has 0 saturated heterocycles. The number of rotatable bonds is 2. The molecule has 2 aromatic rings. The number of hydrogen-bond donors (Lipinski definition) is 2. The highest BCUT2D eigenvalue weighted by Crippen LogP contribution is 2.36. The minimum Gasteiger partial charge on any atom is -0.460 e. The molecule has 1 aromatic heterocycles. The predicted molar refractivity (Wildman–Crippen MR) is 102 cm³/mol. The predicted octanol–water partition coefficient (Wildman–Crippen LogP) is 5.15. The fourth-order valence-electron chi connectivity index (χ4n) is 3.81. The van der Waals surface area contributed by atoms with Gasteiger partial charge in [0.2, 0.25) is 0 Å². The molecule has 4 nitrogen and oxygen atoms in total. The van der Waals surface area contributed by atoms with Crippen molar-refractivity contribution >= 4 is 22.6 Å². The van der Waals surface area contributed by atoms with Gasteiger partial charge in [0, 0.05) is 22.3 Å². The maximum absolute atomic E-state index is 12.6. The molecule has 3 N–H and O–H groups in total. The van der Waals surface area contributed by atoms with Gasteiger partial charge in [0.15, 0.2) is 0 Å². The Balaban J connectivity index is 1.81. The molecule has 0 radical (unpaired) electrons. The van der Waals surface area contributed by atoms with E-state index in [2.05, 4.69) is 11.1 Å². The van der Waals surface area contributed by atoms with Crippen molar-refractivity contribution in [3.8, 4) is 0 Å². The molecule has 1 saturated carbocycles. The standard InChI is InChI=1S/C21H30N2O2/c1-21(2,3)25-20(24)15-8-6-4-5-7-14(11-15)19-13-16-12-17(22)9-10-18(16)23-19/h9-10,12-15,23H,4-8,11,22H2,1-3H3. The van der Waals surface area contributed by atoms with Gasteiger partial charge in [-0.2, -0.15) is 0 Å². The number of anilines is 1. The number of hydrogen-bond acceptors (Lipinski definition) is 3. The average molecular weight is 342 g/mol. The van der Waals surface area contributed by atoms with Crippen LogP contribution in [0.25, 0.3) is 10.9 Å². The molecule has 4 heteroatoms. The van der Waals surface area contributed by atoms with Gasteiger partial charge in [-0.1, -0.05) is 19.3 Å². The number of fused-ring (bicyclic) bond motifs is 1. The van der Waals surface area contributed by atoms with Crippen LogP contribution >= 0.6 is 0 Å². The monoisotopic (exact) mass is 342 g/mol. The number of ether oxygens (including phenoxy) is 1. The fourth-order valence-corrected chi connectivity index (χ4v) is 3.81. The van der Waals surface area contributed by atoms with Gasteiger partial charge in [0.1, 0.15) is 5.60 Å². The highest BCUT2D eigenvalue weighted by atomic mass is 16.6. The smallest absolute Gasteiger partial charge is 0.309 e. The van der Waals surface area contributed by atoms with Crippen LogP contribution in [0.2, 0.25) is 0 Å². The quantitative estimate of drug-likeness (QED) is 0.586. The highest BCUT2D eigenvalue weighted by Gasteiger charge is 2.29. The van der Waals surface area contributed by atoms with Crippen LogP contribution in [0.5, 0.6) is 0 Å². The minimum absolute atomic E-state index is 0.0130. The zero-order valence-electron chi connectivity index (χ0n) is 15.6. The van der Waals surface area contributed by atoms with E-state index < -0.39 is 5.60 Å². The molecule has 1 heterocycles. The zero-order chi connectivity index (χ0) is 18.0. The molecule has 136 valence electrons. The molecule has 0 spiro atoms. The number of H-pyrrole nitrogens is 1. The number of carbonyl (C=O) groups is 1. The molecule has 3 rings (SSSR count). The van der Waals surface area contributed by atoms with Crippen LogP contribution in [0.3, 0.4) is 0 Å². The SMILES string of the molecule is CC(C)(C)OC(=O)C1CCCCCC(c2cc3cc(N)ccc3[nH]2)C1. The van der Waals surface area contributed by atoms with E-state index in [-0.39, 0.29) is 11.9 Å². The molecule has 1 fully saturated rings. The topological polar surface area (TPSA) is 68.1 Å². The molecule has 0 amide bonds. The summed E-state index contributed by atoms with van der Waals surface area (Å²) in [5.74, 6) is 0.312. The van der Waals surface area contributed by atoms with Gasteiger partial charge in [-0.05, 0) is 70.2 Å². The summed E-state index contributed by atoms with van der Waals surface area (Å²) in [4.78, 5) is 16.2. The molecule has 0 aliphatic heterocycles. The number of esters is 1. The van der Waals surface area contributed by atoms with Crippen LogP contribution in [-0.2, 0) is 9.53 Å². The number of benzene rings is 1. The van der Waals surface area contributed by atoms with Crippen molar-refractivity contribution < 1.29 is 9.53 Å². The van der Waals surface area contributed by atoms with Gasteiger partial charge >= 0.3 is 5.97 Å². The Bertz CT molecular complexity index is 742. The summed E-state index contributed by atoms with van der Waals surface area (Å²) in [7, 11) is 0. The normalized spacial score (nSPS) is 22.4. The Morgan fingerprint density at radius 1 is 1.16 bits per heavy atom. The molecule has 0 bridgehead atoms. The van der Waals surface area contributed by atoms with E-state index in [1.807, 2.05) is 39.0 Å². The van der Waals surface area contributed by atoms with Gasteiger partial charge < -0.3 is 15.5 Å². The van der Waals surface area contributed by atoms with E-state index in [4.69, 9.17) is 10.5 Å². The maximum Gasteiger partial charge on any atom is 0.309 e. The van der Waals surface area contributed by atoms with Gasteiger partial charge in [0.25, 0.3) is 0 Å².